The molecule has 0 aliphatic carbocycles. The first-order valence-corrected chi connectivity index (χ1v) is 11.4. The lowest BCUT2D eigenvalue weighted by molar-refractivity contribution is -0.135. The number of guanidine groups is 1. The van der Waals surface area contributed by atoms with E-state index < -0.39 is 0 Å². The number of benzene rings is 1. The molecule has 8 heteroatoms. The molecule has 0 bridgehead atoms. The van der Waals surface area contributed by atoms with Gasteiger partial charge in [-0.1, -0.05) is 43.6 Å². The highest BCUT2D eigenvalue weighted by Crippen LogP contribution is 2.38. The maximum atomic E-state index is 12.2. The number of hydrogen-bond donors (Lipinski definition) is 2. The summed E-state index contributed by atoms with van der Waals surface area (Å²) in [5.74, 6) is 1.11. The Hall–Kier alpha value is -1.06. The van der Waals surface area contributed by atoms with Crippen LogP contribution < -0.4 is 10.6 Å². The molecule has 31 heavy (non-hydrogen) atoms. The molecule has 0 atom stereocenters. The third-order valence-corrected chi connectivity index (χ3v) is 6.68. The second-order valence-electron chi connectivity index (χ2n) is 8.70. The molecular formula is C23H36ClIN4O2. The van der Waals surface area contributed by atoms with E-state index in [9.17, 15) is 4.79 Å². The van der Waals surface area contributed by atoms with E-state index in [2.05, 4.69) is 27.8 Å². The number of hydrogen-bond acceptors (Lipinski definition) is 3. The maximum absolute atomic E-state index is 12.2. The zero-order valence-electron chi connectivity index (χ0n) is 18.8. The molecule has 0 aromatic heterocycles. The largest absolute Gasteiger partial charge is 0.381 e. The zero-order chi connectivity index (χ0) is 21.6. The number of carbonyl (C=O) groups is 1. The number of piperidine rings is 1. The van der Waals surface area contributed by atoms with Crippen LogP contribution in [-0.2, 0) is 14.9 Å². The molecule has 6 nitrogen and oxygen atoms in total. The monoisotopic (exact) mass is 562 g/mol. The van der Waals surface area contributed by atoms with Gasteiger partial charge in [0.2, 0.25) is 5.91 Å². The molecule has 174 valence electrons. The second kappa shape index (κ2) is 12.3. The van der Waals surface area contributed by atoms with E-state index >= 15 is 0 Å². The Balaban J connectivity index is 0.00000341. The molecule has 2 saturated heterocycles. The summed E-state index contributed by atoms with van der Waals surface area (Å²) >= 11 is 6.57. The van der Waals surface area contributed by atoms with Gasteiger partial charge in [-0.3, -0.25) is 9.79 Å². The molecule has 0 unspecified atom stereocenters. The molecule has 2 N–H and O–H groups in total. The molecule has 3 rings (SSSR count). The molecule has 2 heterocycles. The summed E-state index contributed by atoms with van der Waals surface area (Å²) in [4.78, 5) is 18.6. The first kappa shape index (κ1) is 26.2. The summed E-state index contributed by atoms with van der Waals surface area (Å²) in [6.07, 6.45) is 3.72. The third kappa shape index (κ3) is 6.71. The van der Waals surface area contributed by atoms with Crippen molar-refractivity contribution in [1.82, 2.24) is 15.5 Å². The van der Waals surface area contributed by atoms with Crippen molar-refractivity contribution < 1.29 is 9.53 Å². The number of amides is 1. The molecule has 2 aliphatic heterocycles. The van der Waals surface area contributed by atoms with Crippen LogP contribution in [0, 0.1) is 5.92 Å². The van der Waals surface area contributed by atoms with Crippen LogP contribution in [-0.4, -0.2) is 62.7 Å². The zero-order valence-corrected chi connectivity index (χ0v) is 21.9. The molecule has 0 radical (unpaired) electrons. The van der Waals surface area contributed by atoms with Crippen molar-refractivity contribution in [3.63, 3.8) is 0 Å². The van der Waals surface area contributed by atoms with Gasteiger partial charge >= 0.3 is 0 Å². The summed E-state index contributed by atoms with van der Waals surface area (Å²) in [6, 6.07) is 8.44. The first-order chi connectivity index (χ1) is 14.4. The lowest BCUT2D eigenvalue weighted by Gasteiger charge is -2.39. The molecule has 0 spiro atoms. The quantitative estimate of drug-likeness (QED) is 0.325. The van der Waals surface area contributed by atoms with E-state index in [4.69, 9.17) is 16.3 Å². The molecule has 2 fully saturated rings. The number of aliphatic imine (C=N–C) groups is 1. The summed E-state index contributed by atoms with van der Waals surface area (Å²) in [7, 11) is 1.80. The number of carbonyl (C=O) groups excluding carboxylic acids is 1. The van der Waals surface area contributed by atoms with Gasteiger partial charge in [-0.15, -0.1) is 24.0 Å². The van der Waals surface area contributed by atoms with E-state index in [1.54, 1.807) is 7.05 Å². The minimum Gasteiger partial charge on any atom is -0.381 e. The van der Waals surface area contributed by atoms with Crippen LogP contribution in [0.1, 0.15) is 45.1 Å². The number of halogens is 2. The topological polar surface area (TPSA) is 66.0 Å². The average molecular weight is 563 g/mol. The SMILES string of the molecule is CN=C(NCC1(c2ccccc2Cl)CCOCC1)NC1CCN(C(=O)C(C)C)CC1.I. The van der Waals surface area contributed by atoms with E-state index in [-0.39, 0.29) is 41.2 Å². The summed E-state index contributed by atoms with van der Waals surface area (Å²) in [6.45, 7) is 7.75. The van der Waals surface area contributed by atoms with Crippen LogP contribution in [0.3, 0.4) is 0 Å². The summed E-state index contributed by atoms with van der Waals surface area (Å²) in [5, 5.41) is 7.91. The van der Waals surface area contributed by atoms with Gasteiger partial charge in [0.05, 0.1) is 0 Å². The van der Waals surface area contributed by atoms with Crippen molar-refractivity contribution in [2.75, 3.05) is 39.9 Å². The van der Waals surface area contributed by atoms with Crippen LogP contribution in [0.2, 0.25) is 5.02 Å². The molecule has 1 aromatic rings. The van der Waals surface area contributed by atoms with Crippen molar-refractivity contribution in [2.45, 2.75) is 51.0 Å². The number of nitrogens with one attached hydrogen (secondary N) is 2. The summed E-state index contributed by atoms with van der Waals surface area (Å²) in [5.41, 5.74) is 1.11. The van der Waals surface area contributed by atoms with Crippen molar-refractivity contribution >= 4 is 47.4 Å². The minimum atomic E-state index is -0.0682. The Labute approximate surface area is 208 Å². The predicted molar refractivity (Wildman–Crippen MR) is 138 cm³/mol. The molecule has 1 amide bonds. The van der Waals surface area contributed by atoms with Gasteiger partial charge in [0.1, 0.15) is 0 Å². The van der Waals surface area contributed by atoms with Crippen LogP contribution in [0.25, 0.3) is 0 Å². The van der Waals surface area contributed by atoms with E-state index in [0.717, 1.165) is 69.5 Å². The first-order valence-electron chi connectivity index (χ1n) is 11.0. The van der Waals surface area contributed by atoms with Gasteiger partial charge < -0.3 is 20.3 Å². The number of nitrogens with zero attached hydrogens (tertiary/aromatic N) is 2. The predicted octanol–water partition coefficient (Wildman–Crippen LogP) is 3.82. The molecule has 1 aromatic carbocycles. The Bertz CT molecular complexity index is 745. The van der Waals surface area contributed by atoms with Crippen LogP contribution in [0.5, 0.6) is 0 Å². The average Bonchev–Trinajstić information content (AvgIpc) is 2.77. The van der Waals surface area contributed by atoms with Crippen LogP contribution >= 0.6 is 35.6 Å². The molecular weight excluding hydrogens is 527 g/mol. The molecule has 2 aliphatic rings. The van der Waals surface area contributed by atoms with E-state index in [1.807, 2.05) is 30.9 Å². The lowest BCUT2D eigenvalue weighted by atomic mass is 9.74. The smallest absolute Gasteiger partial charge is 0.225 e. The van der Waals surface area contributed by atoms with E-state index in [0.29, 0.717) is 6.04 Å². The van der Waals surface area contributed by atoms with Gasteiger partial charge in [0, 0.05) is 62.3 Å². The van der Waals surface area contributed by atoms with Gasteiger partial charge in [-0.2, -0.15) is 0 Å². The fourth-order valence-corrected chi connectivity index (χ4v) is 4.78. The number of ether oxygens (including phenoxy) is 1. The Morgan fingerprint density at radius 3 is 2.48 bits per heavy atom. The van der Waals surface area contributed by atoms with Gasteiger partial charge in [0.25, 0.3) is 0 Å². The normalized spacial score (nSPS) is 19.6. The fourth-order valence-electron chi connectivity index (χ4n) is 4.45. The number of rotatable bonds is 5. The Morgan fingerprint density at radius 2 is 1.90 bits per heavy atom. The highest BCUT2D eigenvalue weighted by Gasteiger charge is 2.36. The van der Waals surface area contributed by atoms with Gasteiger partial charge in [-0.25, -0.2) is 0 Å². The molecule has 0 saturated carbocycles. The Morgan fingerprint density at radius 1 is 1.26 bits per heavy atom. The third-order valence-electron chi connectivity index (χ3n) is 6.35. The lowest BCUT2D eigenvalue weighted by Crippen LogP contribution is -2.53. The van der Waals surface area contributed by atoms with Crippen molar-refractivity contribution in [2.24, 2.45) is 10.9 Å². The van der Waals surface area contributed by atoms with Gasteiger partial charge in [-0.05, 0) is 37.3 Å². The minimum absolute atomic E-state index is 0. The second-order valence-corrected chi connectivity index (χ2v) is 9.10. The highest BCUT2D eigenvalue weighted by atomic mass is 127. The highest BCUT2D eigenvalue weighted by molar-refractivity contribution is 14.0. The summed E-state index contributed by atoms with van der Waals surface area (Å²) < 4.78 is 5.64. The van der Waals surface area contributed by atoms with Crippen LogP contribution in [0.4, 0.5) is 0 Å². The fraction of sp³-hybridized carbons (Fsp3) is 0.652. The Kier molecular flexibility index (Phi) is 10.4. The van der Waals surface area contributed by atoms with Crippen molar-refractivity contribution in [3.05, 3.63) is 34.9 Å². The van der Waals surface area contributed by atoms with Crippen molar-refractivity contribution in [1.29, 1.82) is 0 Å². The number of likely N-dealkylation sites (tertiary alicyclic amines) is 1. The standard InChI is InChI=1S/C23H35ClN4O2.HI/c1-17(2)21(29)28-12-8-18(9-13-28)27-22(25-3)26-16-23(10-14-30-15-11-23)19-6-4-5-7-20(19)24;/h4-7,17-18H,8-16H2,1-3H3,(H2,25,26,27);1H. The van der Waals surface area contributed by atoms with Gasteiger partial charge in [0.15, 0.2) is 5.96 Å². The van der Waals surface area contributed by atoms with Crippen LogP contribution in [0.15, 0.2) is 29.3 Å². The van der Waals surface area contributed by atoms with Crippen molar-refractivity contribution in [3.8, 4) is 0 Å². The van der Waals surface area contributed by atoms with E-state index in [1.165, 1.54) is 5.56 Å². The maximum Gasteiger partial charge on any atom is 0.225 e.